The van der Waals surface area contributed by atoms with Crippen LogP contribution in [0, 0.1) is 40.4 Å². The fraction of sp³-hybridized carbons (Fsp3) is 0.955. The van der Waals surface area contributed by atoms with Gasteiger partial charge in [-0.15, -0.1) is 0 Å². The van der Waals surface area contributed by atoms with E-state index in [-0.39, 0.29) is 6.10 Å². The van der Waals surface area contributed by atoms with Gasteiger partial charge >= 0.3 is 0 Å². The maximum absolute atomic E-state index is 12.3. The summed E-state index contributed by atoms with van der Waals surface area (Å²) >= 11 is 0. The molecule has 5 aliphatic rings. The Morgan fingerprint density at radius 2 is 1.75 bits per heavy atom. The summed E-state index contributed by atoms with van der Waals surface area (Å²) in [6, 6.07) is 0. The van der Waals surface area contributed by atoms with E-state index in [1.165, 1.54) is 51.4 Å². The lowest BCUT2D eigenvalue weighted by Crippen LogP contribution is -2.55. The Morgan fingerprint density at radius 3 is 2.62 bits per heavy atom. The molecule has 2 heteroatoms. The Morgan fingerprint density at radius 1 is 0.917 bits per heavy atom. The average molecular weight is 331 g/mol. The van der Waals surface area contributed by atoms with E-state index in [9.17, 15) is 9.90 Å². The van der Waals surface area contributed by atoms with E-state index in [0.29, 0.717) is 16.6 Å². The number of carbonyl (C=O) groups is 1. The predicted octanol–water partition coefficient (Wildman–Crippen LogP) is 4.74. The van der Waals surface area contributed by atoms with Gasteiger partial charge in [0.25, 0.3) is 0 Å². The highest BCUT2D eigenvalue weighted by Crippen LogP contribution is 2.69. The molecule has 0 amide bonds. The lowest BCUT2D eigenvalue weighted by Gasteiger charge is -2.62. The number of hydrogen-bond acceptors (Lipinski definition) is 2. The largest absolute Gasteiger partial charge is 0.393 e. The zero-order valence-electron chi connectivity index (χ0n) is 15.3. The van der Waals surface area contributed by atoms with E-state index in [0.717, 1.165) is 55.3 Å². The van der Waals surface area contributed by atoms with Crippen LogP contribution in [0.25, 0.3) is 0 Å². The first-order valence-corrected chi connectivity index (χ1v) is 10.7. The monoisotopic (exact) mass is 330 g/mol. The van der Waals surface area contributed by atoms with E-state index in [2.05, 4.69) is 6.92 Å². The number of ketones is 1. The van der Waals surface area contributed by atoms with Crippen molar-refractivity contribution in [3.8, 4) is 0 Å². The van der Waals surface area contributed by atoms with E-state index in [4.69, 9.17) is 0 Å². The Balaban J connectivity index is 1.45. The summed E-state index contributed by atoms with van der Waals surface area (Å²) in [5.74, 6) is 4.77. The van der Waals surface area contributed by atoms with Gasteiger partial charge in [-0.2, -0.15) is 0 Å². The molecule has 5 aliphatic carbocycles. The average Bonchev–Trinajstić information content (AvgIpc) is 2.94. The first-order chi connectivity index (χ1) is 11.5. The Labute approximate surface area is 146 Å². The molecule has 24 heavy (non-hydrogen) atoms. The number of rotatable bonds is 0. The second-order valence-corrected chi connectivity index (χ2v) is 10.4. The molecule has 5 saturated carbocycles. The van der Waals surface area contributed by atoms with E-state index >= 15 is 0 Å². The molecule has 0 aromatic heterocycles. The number of carbonyl (C=O) groups excluding carboxylic acids is 1. The molecule has 0 bridgehead atoms. The van der Waals surface area contributed by atoms with Crippen molar-refractivity contribution < 1.29 is 9.90 Å². The molecular weight excluding hydrogens is 296 g/mol. The predicted molar refractivity (Wildman–Crippen MR) is 94.4 cm³/mol. The van der Waals surface area contributed by atoms with Gasteiger partial charge in [0.05, 0.1) is 6.10 Å². The van der Waals surface area contributed by atoms with Gasteiger partial charge in [0.2, 0.25) is 0 Å². The molecule has 0 radical (unpaired) electrons. The minimum absolute atomic E-state index is 0.0404. The van der Waals surface area contributed by atoms with Crippen LogP contribution in [-0.2, 0) is 4.79 Å². The molecule has 5 rings (SSSR count). The maximum Gasteiger partial charge on any atom is 0.133 e. The Bertz CT molecular complexity index is 542. The summed E-state index contributed by atoms with van der Waals surface area (Å²) in [4.78, 5) is 12.3. The number of hydrogen-bond donors (Lipinski definition) is 1. The highest BCUT2D eigenvalue weighted by Gasteiger charge is 2.62. The zero-order valence-corrected chi connectivity index (χ0v) is 15.3. The van der Waals surface area contributed by atoms with Crippen molar-refractivity contribution in [2.24, 2.45) is 40.4 Å². The fourth-order valence-corrected chi connectivity index (χ4v) is 8.74. The van der Waals surface area contributed by atoms with Crippen LogP contribution in [0.15, 0.2) is 0 Å². The molecule has 0 aromatic carbocycles. The van der Waals surface area contributed by atoms with Gasteiger partial charge in [0, 0.05) is 12.8 Å². The lowest BCUT2D eigenvalue weighted by atomic mass is 9.43. The molecule has 2 nitrogen and oxygen atoms in total. The van der Waals surface area contributed by atoms with Crippen LogP contribution in [0.2, 0.25) is 0 Å². The van der Waals surface area contributed by atoms with Crippen LogP contribution in [0.3, 0.4) is 0 Å². The van der Waals surface area contributed by atoms with Crippen molar-refractivity contribution in [3.05, 3.63) is 0 Å². The number of aliphatic hydroxyl groups excluding tert-OH is 1. The highest BCUT2D eigenvalue weighted by atomic mass is 16.3. The van der Waals surface area contributed by atoms with Crippen LogP contribution < -0.4 is 0 Å². The second-order valence-electron chi connectivity index (χ2n) is 10.4. The second kappa shape index (κ2) is 5.32. The molecular formula is C22H34O2. The van der Waals surface area contributed by atoms with Crippen LogP contribution in [0.4, 0.5) is 0 Å². The van der Waals surface area contributed by atoms with Gasteiger partial charge in [-0.3, -0.25) is 4.79 Å². The first kappa shape index (κ1) is 15.9. The minimum atomic E-state index is -0.0404. The molecule has 0 aliphatic heterocycles. The SMILES string of the molecule is CC12CC[C@@H](O)C[C@@H]1CCC1C3CCC4CCC(=O)CC43CCC12. The normalized spacial score (nSPS) is 56.8. The quantitative estimate of drug-likeness (QED) is 0.696. The molecule has 134 valence electrons. The minimum Gasteiger partial charge on any atom is -0.393 e. The first-order valence-electron chi connectivity index (χ1n) is 10.7. The fourth-order valence-electron chi connectivity index (χ4n) is 8.74. The van der Waals surface area contributed by atoms with Crippen molar-refractivity contribution >= 4 is 5.78 Å². The topological polar surface area (TPSA) is 37.3 Å². The molecule has 0 heterocycles. The smallest absolute Gasteiger partial charge is 0.133 e. The Hall–Kier alpha value is -0.370. The van der Waals surface area contributed by atoms with Crippen molar-refractivity contribution in [2.75, 3.05) is 0 Å². The van der Waals surface area contributed by atoms with Gasteiger partial charge in [0.1, 0.15) is 5.78 Å². The summed E-state index contributed by atoms with van der Waals surface area (Å²) in [5, 5.41) is 10.2. The number of Topliss-reactive ketones (excluding diaryl/α,β-unsaturated/α-hetero) is 1. The van der Waals surface area contributed by atoms with Gasteiger partial charge in [-0.05, 0) is 105 Å². The Kier molecular flexibility index (Phi) is 3.51. The van der Waals surface area contributed by atoms with Crippen LogP contribution in [-0.4, -0.2) is 17.0 Å². The molecule has 1 spiro atoms. The zero-order chi connectivity index (χ0) is 16.5. The molecule has 5 fully saturated rings. The van der Waals surface area contributed by atoms with Crippen molar-refractivity contribution in [2.45, 2.75) is 90.1 Å². The van der Waals surface area contributed by atoms with Crippen LogP contribution in [0.1, 0.15) is 84.0 Å². The highest BCUT2D eigenvalue weighted by molar-refractivity contribution is 5.80. The number of aliphatic hydroxyl groups is 1. The van der Waals surface area contributed by atoms with Crippen LogP contribution >= 0.6 is 0 Å². The summed E-state index contributed by atoms with van der Waals surface area (Å²) < 4.78 is 0. The molecule has 0 aromatic rings. The van der Waals surface area contributed by atoms with E-state index < -0.39 is 0 Å². The van der Waals surface area contributed by atoms with Crippen LogP contribution in [0.5, 0.6) is 0 Å². The lowest BCUT2D eigenvalue weighted by molar-refractivity contribution is -0.147. The van der Waals surface area contributed by atoms with Crippen molar-refractivity contribution in [1.82, 2.24) is 0 Å². The molecule has 8 atom stereocenters. The van der Waals surface area contributed by atoms with Gasteiger partial charge in [-0.1, -0.05) is 6.92 Å². The molecule has 1 N–H and O–H groups in total. The number of fused-ring (bicyclic) bond motifs is 4. The van der Waals surface area contributed by atoms with E-state index in [1.54, 1.807) is 0 Å². The van der Waals surface area contributed by atoms with Gasteiger partial charge < -0.3 is 5.11 Å². The van der Waals surface area contributed by atoms with Gasteiger partial charge in [0.15, 0.2) is 0 Å². The standard InChI is InChI=1S/C22H34O2/c1-21-10-8-16(23)12-15(21)3-6-18-19(21)9-11-22-13-17(24)5-2-14(22)4-7-20(18)22/h14-16,18-20,23H,2-13H2,1H3/t14?,15-,16+,18?,19?,20?,21?,22?/m0/s1. The summed E-state index contributed by atoms with van der Waals surface area (Å²) in [6.45, 7) is 2.57. The third-order valence-corrected chi connectivity index (χ3v) is 9.83. The summed E-state index contributed by atoms with van der Waals surface area (Å²) in [7, 11) is 0. The summed E-state index contributed by atoms with van der Waals surface area (Å²) in [5.41, 5.74) is 0.883. The van der Waals surface area contributed by atoms with Gasteiger partial charge in [-0.25, -0.2) is 0 Å². The van der Waals surface area contributed by atoms with Crippen molar-refractivity contribution in [1.29, 1.82) is 0 Å². The van der Waals surface area contributed by atoms with Crippen molar-refractivity contribution in [3.63, 3.8) is 0 Å². The maximum atomic E-state index is 12.3. The molecule has 0 saturated heterocycles. The summed E-state index contributed by atoms with van der Waals surface area (Å²) in [6.07, 6.45) is 14.5. The third-order valence-electron chi connectivity index (χ3n) is 9.83. The molecule has 6 unspecified atom stereocenters. The van der Waals surface area contributed by atoms with E-state index in [1.807, 2.05) is 0 Å². The third kappa shape index (κ3) is 2.01.